The van der Waals surface area contributed by atoms with Gasteiger partial charge in [-0.05, 0) is 35.9 Å². The molecular weight excluding hydrogens is 262 g/mol. The van der Waals surface area contributed by atoms with Crippen molar-refractivity contribution >= 4 is 22.7 Å². The SMILES string of the molecule is CO/C(=C\c1ccc(OC)cc1)c1cc2ccccc2[nH]1. The van der Waals surface area contributed by atoms with Crippen LogP contribution in [-0.2, 0) is 4.74 Å². The van der Waals surface area contributed by atoms with Crippen LogP contribution in [0.3, 0.4) is 0 Å². The Morgan fingerprint density at radius 3 is 2.43 bits per heavy atom. The Hall–Kier alpha value is -2.68. The summed E-state index contributed by atoms with van der Waals surface area (Å²) < 4.78 is 10.7. The lowest BCUT2D eigenvalue weighted by atomic mass is 10.1. The van der Waals surface area contributed by atoms with Crippen molar-refractivity contribution in [3.05, 3.63) is 65.9 Å². The lowest BCUT2D eigenvalue weighted by Crippen LogP contribution is -1.88. The molecule has 0 bridgehead atoms. The van der Waals surface area contributed by atoms with Crippen LogP contribution >= 0.6 is 0 Å². The van der Waals surface area contributed by atoms with E-state index in [1.807, 2.05) is 42.5 Å². The summed E-state index contributed by atoms with van der Waals surface area (Å²) in [6.07, 6.45) is 2.00. The molecule has 106 valence electrons. The summed E-state index contributed by atoms with van der Waals surface area (Å²) in [4.78, 5) is 3.37. The van der Waals surface area contributed by atoms with Gasteiger partial charge in [-0.3, -0.25) is 0 Å². The average molecular weight is 279 g/mol. The minimum atomic E-state index is 0.802. The van der Waals surface area contributed by atoms with E-state index in [0.717, 1.165) is 28.3 Å². The van der Waals surface area contributed by atoms with E-state index in [1.165, 1.54) is 5.39 Å². The summed E-state index contributed by atoms with van der Waals surface area (Å²) in [6, 6.07) is 18.1. The first-order chi connectivity index (χ1) is 10.3. The van der Waals surface area contributed by atoms with E-state index in [9.17, 15) is 0 Å². The molecular formula is C18H17NO2. The van der Waals surface area contributed by atoms with Gasteiger partial charge in [0.2, 0.25) is 0 Å². The highest BCUT2D eigenvalue weighted by molar-refractivity contribution is 5.86. The number of methoxy groups -OCH3 is 2. The number of aromatic nitrogens is 1. The summed E-state index contributed by atoms with van der Waals surface area (Å²) in [6.45, 7) is 0. The molecule has 0 amide bonds. The molecule has 0 radical (unpaired) electrons. The Morgan fingerprint density at radius 1 is 1.00 bits per heavy atom. The molecule has 0 aliphatic heterocycles. The third kappa shape index (κ3) is 2.77. The zero-order chi connectivity index (χ0) is 14.7. The molecule has 0 unspecified atom stereocenters. The second-order valence-electron chi connectivity index (χ2n) is 4.76. The van der Waals surface area contributed by atoms with Gasteiger partial charge in [-0.25, -0.2) is 0 Å². The molecule has 3 rings (SSSR count). The van der Waals surface area contributed by atoms with E-state index >= 15 is 0 Å². The first-order valence-corrected chi connectivity index (χ1v) is 6.78. The van der Waals surface area contributed by atoms with Gasteiger partial charge in [-0.15, -0.1) is 0 Å². The molecule has 0 aliphatic rings. The Labute approximate surface area is 123 Å². The number of aromatic amines is 1. The molecule has 0 saturated carbocycles. The van der Waals surface area contributed by atoms with Crippen molar-refractivity contribution in [2.45, 2.75) is 0 Å². The van der Waals surface area contributed by atoms with E-state index in [-0.39, 0.29) is 0 Å². The third-order valence-corrected chi connectivity index (χ3v) is 3.43. The molecule has 3 heteroatoms. The molecule has 1 N–H and O–H groups in total. The van der Waals surface area contributed by atoms with Crippen LogP contribution in [0.2, 0.25) is 0 Å². The maximum Gasteiger partial charge on any atom is 0.142 e. The Kier molecular flexibility index (Phi) is 3.65. The second-order valence-corrected chi connectivity index (χ2v) is 4.76. The van der Waals surface area contributed by atoms with Crippen molar-refractivity contribution < 1.29 is 9.47 Å². The minimum absolute atomic E-state index is 0.802. The summed E-state index contributed by atoms with van der Waals surface area (Å²) in [7, 11) is 3.34. The molecule has 1 heterocycles. The van der Waals surface area contributed by atoms with E-state index in [1.54, 1.807) is 14.2 Å². The highest BCUT2D eigenvalue weighted by Gasteiger charge is 2.06. The van der Waals surface area contributed by atoms with Crippen LogP contribution in [0.1, 0.15) is 11.3 Å². The average Bonchev–Trinajstić information content (AvgIpc) is 2.97. The largest absolute Gasteiger partial charge is 0.497 e. The van der Waals surface area contributed by atoms with Crippen LogP contribution in [0.25, 0.3) is 22.7 Å². The maximum absolute atomic E-state index is 5.53. The molecule has 0 spiro atoms. The van der Waals surface area contributed by atoms with E-state index < -0.39 is 0 Å². The fraction of sp³-hybridized carbons (Fsp3) is 0.111. The van der Waals surface area contributed by atoms with Crippen molar-refractivity contribution in [2.75, 3.05) is 14.2 Å². The number of hydrogen-bond donors (Lipinski definition) is 1. The van der Waals surface area contributed by atoms with Crippen molar-refractivity contribution in [1.29, 1.82) is 0 Å². The lowest BCUT2D eigenvalue weighted by Gasteiger charge is -2.05. The lowest BCUT2D eigenvalue weighted by molar-refractivity contribution is 0.371. The van der Waals surface area contributed by atoms with Gasteiger partial charge in [0.25, 0.3) is 0 Å². The monoisotopic (exact) mass is 279 g/mol. The number of H-pyrrole nitrogens is 1. The van der Waals surface area contributed by atoms with Crippen LogP contribution in [0.5, 0.6) is 5.75 Å². The molecule has 3 aromatic rings. The van der Waals surface area contributed by atoms with Gasteiger partial charge in [0, 0.05) is 10.9 Å². The number of para-hydroxylation sites is 1. The van der Waals surface area contributed by atoms with E-state index in [0.29, 0.717) is 0 Å². The number of fused-ring (bicyclic) bond motifs is 1. The van der Waals surface area contributed by atoms with Crippen LogP contribution < -0.4 is 4.74 Å². The van der Waals surface area contributed by atoms with Crippen LogP contribution in [0.4, 0.5) is 0 Å². The summed E-state index contributed by atoms with van der Waals surface area (Å²) in [5.41, 5.74) is 3.13. The predicted molar refractivity (Wildman–Crippen MR) is 86.2 cm³/mol. The van der Waals surface area contributed by atoms with E-state index in [4.69, 9.17) is 9.47 Å². The van der Waals surface area contributed by atoms with Crippen LogP contribution in [0.15, 0.2) is 54.6 Å². The van der Waals surface area contributed by atoms with Gasteiger partial charge >= 0.3 is 0 Å². The molecule has 21 heavy (non-hydrogen) atoms. The van der Waals surface area contributed by atoms with Crippen molar-refractivity contribution in [2.24, 2.45) is 0 Å². The highest BCUT2D eigenvalue weighted by atomic mass is 16.5. The second kappa shape index (κ2) is 5.75. The number of rotatable bonds is 4. The van der Waals surface area contributed by atoms with Gasteiger partial charge < -0.3 is 14.5 Å². The minimum Gasteiger partial charge on any atom is -0.497 e. The first kappa shape index (κ1) is 13.3. The molecule has 3 nitrogen and oxygen atoms in total. The molecule has 0 atom stereocenters. The summed E-state index contributed by atoms with van der Waals surface area (Å²) in [5.74, 6) is 1.65. The van der Waals surface area contributed by atoms with Crippen LogP contribution in [-0.4, -0.2) is 19.2 Å². The number of benzene rings is 2. The Morgan fingerprint density at radius 2 is 1.76 bits per heavy atom. The fourth-order valence-corrected chi connectivity index (χ4v) is 2.30. The Bertz CT molecular complexity index is 736. The normalized spacial score (nSPS) is 11.6. The molecule has 2 aromatic carbocycles. The summed E-state index contributed by atoms with van der Waals surface area (Å²) >= 11 is 0. The van der Waals surface area contributed by atoms with Crippen LogP contribution in [0, 0.1) is 0 Å². The first-order valence-electron chi connectivity index (χ1n) is 6.78. The molecule has 0 saturated heterocycles. The predicted octanol–water partition coefficient (Wildman–Crippen LogP) is 4.32. The number of nitrogens with one attached hydrogen (secondary N) is 1. The van der Waals surface area contributed by atoms with Crippen molar-refractivity contribution in [1.82, 2.24) is 4.98 Å². The fourth-order valence-electron chi connectivity index (χ4n) is 2.30. The zero-order valence-corrected chi connectivity index (χ0v) is 12.1. The molecule has 1 aromatic heterocycles. The molecule has 0 aliphatic carbocycles. The smallest absolute Gasteiger partial charge is 0.142 e. The van der Waals surface area contributed by atoms with Gasteiger partial charge in [0.1, 0.15) is 11.5 Å². The van der Waals surface area contributed by atoms with E-state index in [2.05, 4.69) is 23.2 Å². The van der Waals surface area contributed by atoms with Gasteiger partial charge in [-0.2, -0.15) is 0 Å². The van der Waals surface area contributed by atoms with Crippen molar-refractivity contribution in [3.8, 4) is 5.75 Å². The molecule has 0 fully saturated rings. The van der Waals surface area contributed by atoms with Gasteiger partial charge in [-0.1, -0.05) is 30.3 Å². The number of ether oxygens (including phenoxy) is 2. The Balaban J connectivity index is 1.97. The van der Waals surface area contributed by atoms with Gasteiger partial charge in [0.15, 0.2) is 0 Å². The van der Waals surface area contributed by atoms with Gasteiger partial charge in [0.05, 0.1) is 19.9 Å². The standard InChI is InChI=1S/C18H17NO2/c1-20-15-9-7-13(8-10-15)11-18(21-2)17-12-14-5-3-4-6-16(14)19-17/h3-12,19H,1-2H3/b18-11-. The zero-order valence-electron chi connectivity index (χ0n) is 12.1. The highest BCUT2D eigenvalue weighted by Crippen LogP contribution is 2.23. The quantitative estimate of drug-likeness (QED) is 0.722. The number of hydrogen-bond acceptors (Lipinski definition) is 2. The summed E-state index contributed by atoms with van der Waals surface area (Å²) in [5, 5.41) is 1.17. The van der Waals surface area contributed by atoms with Crippen molar-refractivity contribution in [3.63, 3.8) is 0 Å². The topological polar surface area (TPSA) is 34.2 Å². The maximum atomic E-state index is 5.53. The third-order valence-electron chi connectivity index (χ3n) is 3.43.